The van der Waals surface area contributed by atoms with Gasteiger partial charge in [-0.25, -0.2) is 0 Å². The lowest BCUT2D eigenvalue weighted by atomic mass is 9.74. The van der Waals surface area contributed by atoms with E-state index in [0.717, 1.165) is 6.07 Å². The zero-order valence-electron chi connectivity index (χ0n) is 16.9. The number of hydrogen-bond acceptors (Lipinski definition) is 5. The number of furan rings is 1. The van der Waals surface area contributed by atoms with Crippen LogP contribution in [0.1, 0.15) is 28.2 Å². The Hall–Kier alpha value is -3.46. The summed E-state index contributed by atoms with van der Waals surface area (Å²) in [5.41, 5.74) is 0.858. The molecule has 0 spiro atoms. The Morgan fingerprint density at radius 3 is 2.47 bits per heavy atom. The van der Waals surface area contributed by atoms with Gasteiger partial charge in [-0.05, 0) is 53.9 Å². The van der Waals surface area contributed by atoms with Crippen molar-refractivity contribution in [2.24, 2.45) is 0 Å². The second-order valence-electron chi connectivity index (χ2n) is 7.76. The molecule has 5 rings (SSSR count). The van der Waals surface area contributed by atoms with Crippen molar-refractivity contribution in [3.63, 3.8) is 0 Å². The van der Waals surface area contributed by atoms with Crippen molar-refractivity contribution >= 4 is 11.6 Å². The quantitative estimate of drug-likeness (QED) is 0.653. The topological polar surface area (TPSA) is 72.1 Å². The zero-order valence-corrected chi connectivity index (χ0v) is 16.9. The van der Waals surface area contributed by atoms with E-state index in [1.807, 2.05) is 0 Å². The van der Waals surface area contributed by atoms with Gasteiger partial charge >= 0.3 is 6.18 Å². The number of aliphatic hydroxyl groups is 1. The molecule has 1 aromatic heterocycles. The molecular weight excluding hydrogens is 427 g/mol. The molecule has 9 heteroatoms. The van der Waals surface area contributed by atoms with Crippen LogP contribution in [-0.4, -0.2) is 24.4 Å². The third kappa shape index (κ3) is 2.88. The number of hydrogen-bond donors (Lipinski definition) is 1. The van der Waals surface area contributed by atoms with Gasteiger partial charge in [-0.1, -0.05) is 18.2 Å². The number of carbonyl (C=O) groups is 1. The van der Waals surface area contributed by atoms with E-state index < -0.39 is 29.9 Å². The van der Waals surface area contributed by atoms with Crippen LogP contribution in [0.2, 0.25) is 0 Å². The highest BCUT2D eigenvalue weighted by Crippen LogP contribution is 2.49. The van der Waals surface area contributed by atoms with Crippen LogP contribution in [0, 0.1) is 6.92 Å². The first-order chi connectivity index (χ1) is 15.3. The number of halogens is 3. The molecule has 0 saturated heterocycles. The van der Waals surface area contributed by atoms with Crippen LogP contribution >= 0.6 is 0 Å². The average Bonchev–Trinajstić information content (AvgIpc) is 3.46. The summed E-state index contributed by atoms with van der Waals surface area (Å²) >= 11 is 0. The van der Waals surface area contributed by atoms with Gasteiger partial charge in [0, 0.05) is 5.69 Å². The highest BCUT2D eigenvalue weighted by Gasteiger charge is 2.53. The molecule has 0 saturated carbocycles. The maximum Gasteiger partial charge on any atom is 0.449 e. The van der Waals surface area contributed by atoms with E-state index in [2.05, 4.69) is 0 Å². The van der Waals surface area contributed by atoms with E-state index in [4.69, 9.17) is 13.9 Å². The lowest BCUT2D eigenvalue weighted by Crippen LogP contribution is -2.44. The first kappa shape index (κ1) is 20.4. The molecule has 0 unspecified atom stereocenters. The number of nitrogens with zero attached hydrogens (tertiary/aromatic N) is 1. The molecule has 0 bridgehead atoms. The number of benzene rings is 2. The summed E-state index contributed by atoms with van der Waals surface area (Å²) in [7, 11) is 0. The average molecular weight is 445 g/mol. The van der Waals surface area contributed by atoms with Gasteiger partial charge in [0.05, 0.1) is 13.2 Å². The summed E-state index contributed by atoms with van der Waals surface area (Å²) in [5, 5.41) is 10.6. The number of anilines is 1. The predicted octanol–water partition coefficient (Wildman–Crippen LogP) is 4.16. The van der Waals surface area contributed by atoms with Gasteiger partial charge < -0.3 is 23.9 Å². The Morgan fingerprint density at radius 2 is 1.78 bits per heavy atom. The number of aliphatic hydroxyl groups excluding tert-OH is 1. The second-order valence-corrected chi connectivity index (χ2v) is 7.76. The van der Waals surface area contributed by atoms with Crippen LogP contribution in [0.3, 0.4) is 0 Å². The van der Waals surface area contributed by atoms with Crippen LogP contribution in [0.4, 0.5) is 18.9 Å². The van der Waals surface area contributed by atoms with Crippen LogP contribution in [0.15, 0.2) is 52.9 Å². The summed E-state index contributed by atoms with van der Waals surface area (Å²) in [6.07, 6.45) is -4.62. The maximum absolute atomic E-state index is 13.8. The molecule has 0 radical (unpaired) electrons. The molecular formula is C23H18F3NO5. The van der Waals surface area contributed by atoms with Gasteiger partial charge in [-0.15, -0.1) is 0 Å². The molecule has 32 heavy (non-hydrogen) atoms. The van der Waals surface area contributed by atoms with Gasteiger partial charge in [0.25, 0.3) is 0 Å². The minimum Gasteiger partial charge on any atom is -0.455 e. The van der Waals surface area contributed by atoms with Crippen molar-refractivity contribution in [1.82, 2.24) is 0 Å². The Morgan fingerprint density at radius 1 is 1.06 bits per heavy atom. The van der Waals surface area contributed by atoms with Crippen molar-refractivity contribution in [3.05, 3.63) is 76.7 Å². The molecule has 1 atom stereocenters. The standard InChI is InChI=1S/C23H18F3NO5/c1-13-8-18-19(31-12-30-18)9-16(13)22(11-28)15-4-2-3-5-17(15)27(21(22)29)10-14-6-7-20(32-14)23(24,25)26/h2-9,28H,10-12H2,1H3/t22-/m0/s1. The number of alkyl halides is 3. The van der Waals surface area contributed by atoms with Gasteiger partial charge in [0.2, 0.25) is 18.5 Å². The Bertz CT molecular complexity index is 1220. The van der Waals surface area contributed by atoms with E-state index in [1.165, 1.54) is 11.0 Å². The summed E-state index contributed by atoms with van der Waals surface area (Å²) in [4.78, 5) is 15.1. The van der Waals surface area contributed by atoms with Crippen LogP contribution < -0.4 is 14.4 Å². The highest BCUT2D eigenvalue weighted by molar-refractivity contribution is 6.10. The van der Waals surface area contributed by atoms with Crippen LogP contribution in [-0.2, 0) is 22.9 Å². The number of amides is 1. The van der Waals surface area contributed by atoms with E-state index in [9.17, 15) is 23.1 Å². The largest absolute Gasteiger partial charge is 0.455 e. The van der Waals surface area contributed by atoms with Crippen LogP contribution in [0.5, 0.6) is 11.5 Å². The summed E-state index contributed by atoms with van der Waals surface area (Å²) in [5.74, 6) is -0.606. The highest BCUT2D eigenvalue weighted by atomic mass is 19.4. The first-order valence-electron chi connectivity index (χ1n) is 9.84. The monoisotopic (exact) mass is 445 g/mol. The van der Waals surface area contributed by atoms with Crippen molar-refractivity contribution in [2.45, 2.75) is 25.1 Å². The van der Waals surface area contributed by atoms with E-state index in [0.29, 0.717) is 33.9 Å². The SMILES string of the molecule is Cc1cc2c(cc1[C@@]1(CO)C(=O)N(Cc3ccc(C(F)(F)F)o3)c3ccccc31)OCO2. The fraction of sp³-hybridized carbons (Fsp3) is 0.261. The number of aryl methyl sites for hydroxylation is 1. The Labute approximate surface area is 180 Å². The minimum absolute atomic E-state index is 0.0170. The number of carbonyl (C=O) groups excluding carboxylic acids is 1. The molecule has 166 valence electrons. The minimum atomic E-state index is -4.62. The lowest BCUT2D eigenvalue weighted by molar-refractivity contribution is -0.153. The Kier molecular flexibility index (Phi) is 4.49. The molecule has 1 N–H and O–H groups in total. The molecule has 2 aromatic carbocycles. The van der Waals surface area contributed by atoms with E-state index >= 15 is 0 Å². The number of ether oxygens (including phenoxy) is 2. The summed E-state index contributed by atoms with van der Waals surface area (Å²) in [6.45, 7) is 1.11. The molecule has 3 heterocycles. The summed E-state index contributed by atoms with van der Waals surface area (Å²) < 4.78 is 54.7. The maximum atomic E-state index is 13.8. The predicted molar refractivity (Wildman–Crippen MR) is 107 cm³/mol. The third-order valence-electron chi connectivity index (χ3n) is 5.94. The van der Waals surface area contributed by atoms with Gasteiger partial charge in [-0.3, -0.25) is 4.79 Å². The summed E-state index contributed by atoms with van der Waals surface area (Å²) in [6, 6.07) is 12.4. The molecule has 2 aliphatic rings. The van der Waals surface area contributed by atoms with E-state index in [-0.39, 0.29) is 19.1 Å². The lowest BCUT2D eigenvalue weighted by Gasteiger charge is -2.29. The van der Waals surface area contributed by atoms with Crippen molar-refractivity contribution < 1.29 is 37.0 Å². The fourth-order valence-electron chi connectivity index (χ4n) is 4.45. The Balaban J connectivity index is 1.62. The smallest absolute Gasteiger partial charge is 0.449 e. The number of fused-ring (bicyclic) bond motifs is 2. The van der Waals surface area contributed by atoms with E-state index in [1.54, 1.807) is 43.3 Å². The molecule has 2 aliphatic heterocycles. The van der Waals surface area contributed by atoms with Crippen molar-refractivity contribution in [2.75, 3.05) is 18.3 Å². The molecule has 6 nitrogen and oxygen atoms in total. The number of para-hydroxylation sites is 1. The van der Waals surface area contributed by atoms with Crippen molar-refractivity contribution in [3.8, 4) is 11.5 Å². The normalized spacial score (nSPS) is 19.5. The third-order valence-corrected chi connectivity index (χ3v) is 5.94. The molecule has 0 fully saturated rings. The van der Waals surface area contributed by atoms with Gasteiger partial charge in [0.15, 0.2) is 11.5 Å². The van der Waals surface area contributed by atoms with Crippen molar-refractivity contribution in [1.29, 1.82) is 0 Å². The van der Waals surface area contributed by atoms with Gasteiger partial charge in [-0.2, -0.15) is 13.2 Å². The number of rotatable bonds is 4. The first-order valence-corrected chi connectivity index (χ1v) is 9.84. The zero-order chi connectivity index (χ0) is 22.7. The second kappa shape index (κ2) is 7.03. The van der Waals surface area contributed by atoms with Gasteiger partial charge in [0.1, 0.15) is 11.2 Å². The molecule has 1 amide bonds. The molecule has 0 aliphatic carbocycles. The molecule has 3 aromatic rings. The van der Waals surface area contributed by atoms with Crippen LogP contribution in [0.25, 0.3) is 0 Å². The fourth-order valence-corrected chi connectivity index (χ4v) is 4.45.